The molecule has 1 atom stereocenters. The molecule has 0 bridgehead atoms. The maximum absolute atomic E-state index is 12.8. The largest absolute Gasteiger partial charge is 0.453 e. The van der Waals surface area contributed by atoms with Crippen LogP contribution in [0, 0.1) is 11.6 Å². The molecule has 15 heavy (non-hydrogen) atoms. The molecule has 0 aliphatic carbocycles. The molecule has 0 aliphatic heterocycles. The van der Waals surface area contributed by atoms with Gasteiger partial charge >= 0.3 is 6.09 Å². The summed E-state index contributed by atoms with van der Waals surface area (Å²) in [5.41, 5.74) is 0.458. The number of methoxy groups -OCH3 is 1. The highest BCUT2D eigenvalue weighted by atomic mass is 127. The van der Waals surface area contributed by atoms with E-state index in [9.17, 15) is 13.6 Å². The average molecular weight is 327 g/mol. The van der Waals surface area contributed by atoms with Crippen molar-refractivity contribution in [3.63, 3.8) is 0 Å². The Bertz CT molecular complexity index is 373. The second-order valence-electron chi connectivity index (χ2n) is 2.67. The molecule has 0 fully saturated rings. The zero-order chi connectivity index (χ0) is 11.4. The molecule has 6 heteroatoms. The fraction of sp³-hybridized carbons (Fsp3) is 0.222. The Hall–Kier alpha value is -0.920. The minimum Gasteiger partial charge on any atom is -0.453 e. The molecule has 0 heterocycles. The van der Waals surface area contributed by atoms with Crippen LogP contribution in [0.4, 0.5) is 13.6 Å². The van der Waals surface area contributed by atoms with Gasteiger partial charge in [-0.3, -0.25) is 0 Å². The van der Waals surface area contributed by atoms with Gasteiger partial charge in [0.2, 0.25) is 0 Å². The highest BCUT2D eigenvalue weighted by Gasteiger charge is 2.12. The van der Waals surface area contributed by atoms with E-state index < -0.39 is 21.8 Å². The van der Waals surface area contributed by atoms with Gasteiger partial charge in [0.15, 0.2) is 11.6 Å². The van der Waals surface area contributed by atoms with Gasteiger partial charge in [0.25, 0.3) is 0 Å². The predicted molar refractivity (Wildman–Crippen MR) is 58.7 cm³/mol. The molecule has 1 N–H and O–H groups in total. The van der Waals surface area contributed by atoms with Crippen LogP contribution in [0.15, 0.2) is 18.2 Å². The third kappa shape index (κ3) is 3.29. The number of nitrogens with one attached hydrogen (secondary N) is 1. The van der Waals surface area contributed by atoms with Crippen molar-refractivity contribution in [2.45, 2.75) is 4.05 Å². The van der Waals surface area contributed by atoms with Gasteiger partial charge in [0.05, 0.1) is 7.11 Å². The average Bonchev–Trinajstić information content (AvgIpc) is 2.21. The minimum absolute atomic E-state index is 0.458. The predicted octanol–water partition coefficient (Wildman–Crippen LogP) is 2.75. The van der Waals surface area contributed by atoms with E-state index in [0.29, 0.717) is 5.56 Å². The van der Waals surface area contributed by atoms with Crippen molar-refractivity contribution in [3.8, 4) is 0 Å². The van der Waals surface area contributed by atoms with Crippen LogP contribution in [0.5, 0.6) is 0 Å². The van der Waals surface area contributed by atoms with Crippen LogP contribution in [0.1, 0.15) is 9.61 Å². The standard InChI is InChI=1S/C9H8F2INO2/c1-15-9(14)13-8(12)5-2-3-6(10)7(11)4-5/h2-4,8H,1H3,(H,13,14). The van der Waals surface area contributed by atoms with E-state index in [2.05, 4.69) is 10.1 Å². The lowest BCUT2D eigenvalue weighted by atomic mass is 10.2. The van der Waals surface area contributed by atoms with Gasteiger partial charge in [0.1, 0.15) is 4.05 Å². The van der Waals surface area contributed by atoms with E-state index in [-0.39, 0.29) is 0 Å². The summed E-state index contributed by atoms with van der Waals surface area (Å²) in [5, 5.41) is 2.43. The fourth-order valence-electron chi connectivity index (χ4n) is 0.916. The van der Waals surface area contributed by atoms with E-state index in [1.54, 1.807) is 0 Å². The van der Waals surface area contributed by atoms with E-state index in [1.165, 1.54) is 13.2 Å². The van der Waals surface area contributed by atoms with Crippen LogP contribution in [0.3, 0.4) is 0 Å². The lowest BCUT2D eigenvalue weighted by Gasteiger charge is -2.11. The first-order valence-corrected chi connectivity index (χ1v) is 5.22. The third-order valence-corrected chi connectivity index (χ3v) is 2.70. The molecule has 1 unspecified atom stereocenters. The summed E-state index contributed by atoms with van der Waals surface area (Å²) in [6.07, 6.45) is -0.626. The zero-order valence-corrected chi connectivity index (χ0v) is 9.92. The number of hydrogen-bond acceptors (Lipinski definition) is 2. The molecule has 1 rings (SSSR count). The van der Waals surface area contributed by atoms with Crippen LogP contribution in [-0.2, 0) is 4.74 Å². The van der Waals surface area contributed by atoms with Crippen molar-refractivity contribution < 1.29 is 18.3 Å². The zero-order valence-electron chi connectivity index (χ0n) is 7.76. The first-order valence-electron chi connectivity index (χ1n) is 3.98. The Labute approximate surface area is 98.9 Å². The van der Waals surface area contributed by atoms with Gasteiger partial charge in [-0.15, -0.1) is 0 Å². The molecule has 0 aliphatic rings. The van der Waals surface area contributed by atoms with Gasteiger partial charge < -0.3 is 10.1 Å². The second kappa shape index (κ2) is 5.24. The summed E-state index contributed by atoms with van der Waals surface area (Å²) < 4.78 is 29.3. The topological polar surface area (TPSA) is 38.3 Å². The SMILES string of the molecule is COC(=O)NC(I)c1ccc(F)c(F)c1. The molecular formula is C9H8F2INO2. The molecule has 82 valence electrons. The molecule has 0 radical (unpaired) electrons. The van der Waals surface area contributed by atoms with Crippen molar-refractivity contribution in [2.75, 3.05) is 7.11 Å². The van der Waals surface area contributed by atoms with Crippen LogP contribution < -0.4 is 5.32 Å². The van der Waals surface area contributed by atoms with Crippen molar-refractivity contribution in [3.05, 3.63) is 35.4 Å². The summed E-state index contributed by atoms with van der Waals surface area (Å²) in [7, 11) is 1.23. The Morgan fingerprint density at radius 2 is 2.13 bits per heavy atom. The van der Waals surface area contributed by atoms with Crippen molar-refractivity contribution in [1.29, 1.82) is 0 Å². The number of rotatable bonds is 2. The van der Waals surface area contributed by atoms with Crippen LogP contribution in [-0.4, -0.2) is 13.2 Å². The lowest BCUT2D eigenvalue weighted by Crippen LogP contribution is -2.24. The molecule has 1 amide bonds. The minimum atomic E-state index is -0.944. The van der Waals surface area contributed by atoms with Crippen LogP contribution >= 0.6 is 22.6 Å². The Morgan fingerprint density at radius 3 is 2.67 bits per heavy atom. The van der Waals surface area contributed by atoms with Gasteiger partial charge in [-0.25, -0.2) is 13.6 Å². The summed E-state index contributed by atoms with van der Waals surface area (Å²) in [4.78, 5) is 10.8. The normalized spacial score (nSPS) is 12.0. The maximum atomic E-state index is 12.8. The lowest BCUT2D eigenvalue weighted by molar-refractivity contribution is 0.170. The van der Waals surface area contributed by atoms with E-state index >= 15 is 0 Å². The highest BCUT2D eigenvalue weighted by molar-refractivity contribution is 14.1. The number of halogens is 3. The number of hydrogen-bond donors (Lipinski definition) is 1. The van der Waals surface area contributed by atoms with E-state index in [1.807, 2.05) is 22.6 Å². The van der Waals surface area contributed by atoms with Crippen LogP contribution in [0.25, 0.3) is 0 Å². The van der Waals surface area contributed by atoms with E-state index in [4.69, 9.17) is 0 Å². The highest BCUT2D eigenvalue weighted by Crippen LogP contribution is 2.21. The molecule has 1 aromatic carbocycles. The Balaban J connectivity index is 2.78. The molecule has 0 spiro atoms. The molecule has 0 saturated heterocycles. The summed E-state index contributed by atoms with van der Waals surface area (Å²) >= 11 is 1.87. The molecule has 1 aromatic rings. The number of carbonyl (C=O) groups is 1. The smallest absolute Gasteiger partial charge is 0.407 e. The number of alkyl carbamates (subject to hydrolysis) is 1. The molecule has 0 saturated carbocycles. The number of amides is 1. The number of carbonyl (C=O) groups excluding carboxylic acids is 1. The van der Waals surface area contributed by atoms with Gasteiger partial charge in [-0.1, -0.05) is 28.7 Å². The third-order valence-electron chi connectivity index (χ3n) is 1.67. The van der Waals surface area contributed by atoms with Gasteiger partial charge in [0, 0.05) is 0 Å². The number of benzene rings is 1. The molecular weight excluding hydrogens is 319 g/mol. The Morgan fingerprint density at radius 1 is 1.47 bits per heavy atom. The first-order chi connectivity index (χ1) is 7.04. The second-order valence-corrected chi connectivity index (χ2v) is 3.92. The summed E-state index contributed by atoms with van der Waals surface area (Å²) in [6.45, 7) is 0. The monoisotopic (exact) mass is 327 g/mol. The van der Waals surface area contributed by atoms with E-state index in [0.717, 1.165) is 12.1 Å². The van der Waals surface area contributed by atoms with Gasteiger partial charge in [-0.2, -0.15) is 0 Å². The van der Waals surface area contributed by atoms with Crippen molar-refractivity contribution >= 4 is 28.7 Å². The number of alkyl halides is 1. The van der Waals surface area contributed by atoms with Gasteiger partial charge in [-0.05, 0) is 17.7 Å². The molecule has 0 aromatic heterocycles. The van der Waals surface area contributed by atoms with Crippen molar-refractivity contribution in [1.82, 2.24) is 5.32 Å². The number of ether oxygens (including phenoxy) is 1. The fourth-order valence-corrected chi connectivity index (χ4v) is 1.56. The summed E-state index contributed by atoms with van der Waals surface area (Å²) in [5.74, 6) is -1.86. The maximum Gasteiger partial charge on any atom is 0.407 e. The first kappa shape index (κ1) is 12.2. The summed E-state index contributed by atoms with van der Waals surface area (Å²) in [6, 6.07) is 3.43. The quantitative estimate of drug-likeness (QED) is 0.515. The Kier molecular flexibility index (Phi) is 4.25. The molecule has 3 nitrogen and oxygen atoms in total. The van der Waals surface area contributed by atoms with Crippen LogP contribution in [0.2, 0.25) is 0 Å². The van der Waals surface area contributed by atoms with Crippen molar-refractivity contribution in [2.24, 2.45) is 0 Å².